The number of allylic oxidation sites excluding steroid dienone is 1. The van der Waals surface area contributed by atoms with Gasteiger partial charge in [-0.1, -0.05) is 13.0 Å². The van der Waals surface area contributed by atoms with E-state index in [-0.39, 0.29) is 5.92 Å². The zero-order valence-corrected chi connectivity index (χ0v) is 11.6. The molecular formula is C14H23NO4. The van der Waals surface area contributed by atoms with Crippen molar-refractivity contribution in [1.82, 2.24) is 5.32 Å². The number of rotatable bonds is 7. The van der Waals surface area contributed by atoms with Gasteiger partial charge in [-0.25, -0.2) is 4.79 Å². The van der Waals surface area contributed by atoms with Gasteiger partial charge in [0.2, 0.25) is 0 Å². The van der Waals surface area contributed by atoms with E-state index in [1.165, 1.54) is 0 Å². The minimum atomic E-state index is -0.907. The summed E-state index contributed by atoms with van der Waals surface area (Å²) in [5, 5.41) is 21.3. The summed E-state index contributed by atoms with van der Waals surface area (Å²) in [7, 11) is 1.89. The molecule has 0 radical (unpaired) electrons. The minimum absolute atomic E-state index is 0.133. The van der Waals surface area contributed by atoms with E-state index >= 15 is 0 Å². The fourth-order valence-corrected chi connectivity index (χ4v) is 2.68. The maximum Gasteiger partial charge on any atom is 0.331 e. The third-order valence-electron chi connectivity index (χ3n) is 3.79. The zero-order chi connectivity index (χ0) is 14.4. The quantitative estimate of drug-likeness (QED) is 0.655. The molecule has 0 aromatic heterocycles. The molecule has 3 N–H and O–H groups in total. The second-order valence-corrected chi connectivity index (χ2v) is 5.41. The van der Waals surface area contributed by atoms with Crippen LogP contribution in [0.25, 0.3) is 0 Å². The van der Waals surface area contributed by atoms with Gasteiger partial charge in [0.25, 0.3) is 0 Å². The largest absolute Gasteiger partial charge is 0.481 e. The van der Waals surface area contributed by atoms with E-state index in [0.717, 1.165) is 19.4 Å². The summed E-state index contributed by atoms with van der Waals surface area (Å²) in [4.78, 5) is 22.2. The minimum Gasteiger partial charge on any atom is -0.481 e. The van der Waals surface area contributed by atoms with E-state index < -0.39 is 17.9 Å². The van der Waals surface area contributed by atoms with Crippen LogP contribution in [0.3, 0.4) is 0 Å². The first-order valence-corrected chi connectivity index (χ1v) is 6.76. The van der Waals surface area contributed by atoms with Gasteiger partial charge in [-0.05, 0) is 51.1 Å². The van der Waals surface area contributed by atoms with Crippen molar-refractivity contribution in [3.8, 4) is 0 Å². The molecule has 1 aliphatic carbocycles. The summed E-state index contributed by atoms with van der Waals surface area (Å²) in [5.41, 5.74) is 0.397. The number of carbonyl (C=O) groups is 2. The molecule has 0 aliphatic heterocycles. The Morgan fingerprint density at radius 3 is 2.68 bits per heavy atom. The summed E-state index contributed by atoms with van der Waals surface area (Å²) in [5.74, 6) is -1.84. The molecule has 0 saturated heterocycles. The van der Waals surface area contributed by atoms with Gasteiger partial charge in [0.1, 0.15) is 0 Å². The van der Waals surface area contributed by atoms with Gasteiger partial charge in [-0.3, -0.25) is 4.79 Å². The SMILES string of the molecule is CNCC(C)CCC1CC(C(=O)O)CC=C1C(=O)O. The molecule has 19 heavy (non-hydrogen) atoms. The molecular weight excluding hydrogens is 246 g/mol. The summed E-state index contributed by atoms with van der Waals surface area (Å²) in [6.07, 6.45) is 4.02. The molecule has 0 aromatic carbocycles. The van der Waals surface area contributed by atoms with Crippen molar-refractivity contribution in [2.45, 2.75) is 32.6 Å². The standard InChI is InChI=1S/C14H23NO4/c1-9(8-15-2)3-4-10-7-11(13(16)17)5-6-12(10)14(18)19/h6,9-11,15H,3-5,7-8H2,1-2H3,(H,16,17)(H,18,19). The average molecular weight is 269 g/mol. The molecule has 0 saturated carbocycles. The lowest BCUT2D eigenvalue weighted by atomic mass is 9.78. The second kappa shape index (κ2) is 7.28. The first-order valence-electron chi connectivity index (χ1n) is 6.76. The number of carboxylic acids is 2. The fourth-order valence-electron chi connectivity index (χ4n) is 2.68. The maximum atomic E-state index is 11.2. The van der Waals surface area contributed by atoms with Crippen LogP contribution in [0.5, 0.6) is 0 Å². The molecule has 1 rings (SSSR count). The molecule has 0 bridgehead atoms. The fraction of sp³-hybridized carbons (Fsp3) is 0.714. The molecule has 0 heterocycles. The number of aliphatic carboxylic acids is 2. The summed E-state index contributed by atoms with van der Waals surface area (Å²) >= 11 is 0. The zero-order valence-electron chi connectivity index (χ0n) is 11.6. The lowest BCUT2D eigenvalue weighted by molar-refractivity contribution is -0.143. The molecule has 0 amide bonds. The highest BCUT2D eigenvalue weighted by molar-refractivity contribution is 5.88. The van der Waals surface area contributed by atoms with Gasteiger partial charge in [0.05, 0.1) is 5.92 Å². The van der Waals surface area contributed by atoms with E-state index in [4.69, 9.17) is 5.11 Å². The Kier molecular flexibility index (Phi) is 6.02. The Balaban J connectivity index is 2.65. The highest BCUT2D eigenvalue weighted by Crippen LogP contribution is 2.33. The molecule has 3 atom stereocenters. The Hall–Kier alpha value is -1.36. The molecule has 108 valence electrons. The highest BCUT2D eigenvalue weighted by Gasteiger charge is 2.31. The predicted octanol–water partition coefficient (Wildman–Crippen LogP) is 1.74. The van der Waals surface area contributed by atoms with E-state index in [0.29, 0.717) is 24.3 Å². The molecule has 5 heteroatoms. The van der Waals surface area contributed by atoms with Gasteiger partial charge in [-0.15, -0.1) is 0 Å². The average Bonchev–Trinajstić information content (AvgIpc) is 2.36. The van der Waals surface area contributed by atoms with Crippen molar-refractivity contribution < 1.29 is 19.8 Å². The van der Waals surface area contributed by atoms with Crippen molar-refractivity contribution in [2.24, 2.45) is 17.8 Å². The number of nitrogens with one attached hydrogen (secondary N) is 1. The highest BCUT2D eigenvalue weighted by atomic mass is 16.4. The monoisotopic (exact) mass is 269 g/mol. The number of carboxylic acid groups (broad SMARTS) is 2. The van der Waals surface area contributed by atoms with Crippen molar-refractivity contribution in [3.05, 3.63) is 11.6 Å². The summed E-state index contributed by atoms with van der Waals surface area (Å²) < 4.78 is 0. The summed E-state index contributed by atoms with van der Waals surface area (Å²) in [6.45, 7) is 3.00. The van der Waals surface area contributed by atoms with Crippen LogP contribution in [0.1, 0.15) is 32.6 Å². The molecule has 0 aromatic rings. The van der Waals surface area contributed by atoms with Crippen LogP contribution >= 0.6 is 0 Å². The van der Waals surface area contributed by atoms with Crippen LogP contribution in [0.4, 0.5) is 0 Å². The summed E-state index contributed by atoms with van der Waals surface area (Å²) in [6, 6.07) is 0. The van der Waals surface area contributed by atoms with Gasteiger partial charge in [0.15, 0.2) is 0 Å². The smallest absolute Gasteiger partial charge is 0.331 e. The van der Waals surface area contributed by atoms with E-state index in [2.05, 4.69) is 12.2 Å². The van der Waals surface area contributed by atoms with Crippen molar-refractivity contribution in [2.75, 3.05) is 13.6 Å². The first-order chi connectivity index (χ1) is 8.95. The van der Waals surface area contributed by atoms with Crippen LogP contribution in [-0.2, 0) is 9.59 Å². The molecule has 3 unspecified atom stereocenters. The van der Waals surface area contributed by atoms with Crippen molar-refractivity contribution in [1.29, 1.82) is 0 Å². The Labute approximate surface area is 113 Å². The number of hydrogen-bond donors (Lipinski definition) is 3. The Bertz CT molecular complexity index is 364. The normalized spacial score (nSPS) is 24.6. The van der Waals surface area contributed by atoms with Crippen LogP contribution in [0, 0.1) is 17.8 Å². The third-order valence-corrected chi connectivity index (χ3v) is 3.79. The van der Waals surface area contributed by atoms with Crippen LogP contribution in [-0.4, -0.2) is 35.7 Å². The van der Waals surface area contributed by atoms with Crippen LogP contribution in [0.15, 0.2) is 11.6 Å². The second-order valence-electron chi connectivity index (χ2n) is 5.41. The lowest BCUT2D eigenvalue weighted by Gasteiger charge is -2.26. The predicted molar refractivity (Wildman–Crippen MR) is 71.9 cm³/mol. The van der Waals surface area contributed by atoms with Gasteiger partial charge < -0.3 is 15.5 Å². The van der Waals surface area contributed by atoms with Gasteiger partial charge in [-0.2, -0.15) is 0 Å². The molecule has 0 fully saturated rings. The van der Waals surface area contributed by atoms with Gasteiger partial charge in [0, 0.05) is 5.57 Å². The van der Waals surface area contributed by atoms with Gasteiger partial charge >= 0.3 is 11.9 Å². The molecule has 5 nitrogen and oxygen atoms in total. The third kappa shape index (κ3) is 4.67. The number of hydrogen-bond acceptors (Lipinski definition) is 3. The van der Waals surface area contributed by atoms with Crippen LogP contribution in [0.2, 0.25) is 0 Å². The topological polar surface area (TPSA) is 86.6 Å². The van der Waals surface area contributed by atoms with E-state index in [9.17, 15) is 14.7 Å². The van der Waals surface area contributed by atoms with E-state index in [1.807, 2.05) is 7.05 Å². The lowest BCUT2D eigenvalue weighted by Crippen LogP contribution is -2.26. The van der Waals surface area contributed by atoms with Crippen LogP contribution < -0.4 is 5.32 Å². The first kappa shape index (κ1) is 15.7. The molecule has 1 aliphatic rings. The Morgan fingerprint density at radius 1 is 1.47 bits per heavy atom. The maximum absolute atomic E-state index is 11.2. The van der Waals surface area contributed by atoms with Crippen molar-refractivity contribution in [3.63, 3.8) is 0 Å². The Morgan fingerprint density at radius 2 is 2.16 bits per heavy atom. The molecule has 0 spiro atoms. The van der Waals surface area contributed by atoms with E-state index in [1.54, 1.807) is 6.08 Å². The van der Waals surface area contributed by atoms with Crippen molar-refractivity contribution >= 4 is 11.9 Å².